The number of anilines is 1. The molecule has 0 bridgehead atoms. The number of carbonyl (C=O) groups excluding carboxylic acids is 1. The van der Waals surface area contributed by atoms with Crippen LogP contribution in [0.25, 0.3) is 5.65 Å². The molecule has 0 aliphatic rings. The minimum Gasteiger partial charge on any atom is -0.361 e. The molecular weight excluding hydrogens is 296 g/mol. The van der Waals surface area contributed by atoms with E-state index < -0.39 is 0 Å². The van der Waals surface area contributed by atoms with E-state index in [4.69, 9.17) is 4.52 Å². The predicted octanol–water partition coefficient (Wildman–Crippen LogP) is 2.16. The second kappa shape index (κ2) is 6.47. The van der Waals surface area contributed by atoms with Crippen LogP contribution in [-0.2, 0) is 19.4 Å². The molecule has 3 aromatic rings. The number of aryl methyl sites for hydroxylation is 2. The maximum atomic E-state index is 12.1. The molecule has 3 rings (SSSR count). The van der Waals surface area contributed by atoms with Gasteiger partial charge in [-0.1, -0.05) is 25.1 Å². The molecule has 3 heterocycles. The smallest absolute Gasteiger partial charge is 0.321 e. The Morgan fingerprint density at radius 2 is 2.13 bits per heavy atom. The first-order valence-electron chi connectivity index (χ1n) is 7.53. The molecule has 0 radical (unpaired) electrons. The van der Waals surface area contributed by atoms with Gasteiger partial charge in [-0.25, -0.2) is 4.79 Å². The average Bonchev–Trinajstić information content (AvgIpc) is 3.16. The number of amides is 2. The van der Waals surface area contributed by atoms with Gasteiger partial charge in [0.25, 0.3) is 0 Å². The second-order valence-electron chi connectivity index (χ2n) is 5.00. The lowest BCUT2D eigenvalue weighted by Crippen LogP contribution is -2.29. The normalized spacial score (nSPS) is 10.9. The summed E-state index contributed by atoms with van der Waals surface area (Å²) in [5, 5.41) is 17.5. The zero-order valence-corrected chi connectivity index (χ0v) is 13.0. The summed E-state index contributed by atoms with van der Waals surface area (Å²) in [6, 6.07) is 5.16. The van der Waals surface area contributed by atoms with Crippen molar-refractivity contribution >= 4 is 17.6 Å². The third-order valence-electron chi connectivity index (χ3n) is 3.57. The first-order valence-corrected chi connectivity index (χ1v) is 7.53. The molecule has 0 saturated carbocycles. The maximum Gasteiger partial charge on any atom is 0.321 e. The van der Waals surface area contributed by atoms with Crippen molar-refractivity contribution in [1.82, 2.24) is 25.1 Å². The Hall–Kier alpha value is -2.90. The average molecular weight is 314 g/mol. The van der Waals surface area contributed by atoms with Gasteiger partial charge >= 0.3 is 6.03 Å². The number of pyridine rings is 1. The monoisotopic (exact) mass is 314 g/mol. The first-order chi connectivity index (χ1) is 11.2. The SMILES string of the molecule is CCc1noc(CC)c1CNC(=O)Nc1nnc2ccccn12. The van der Waals surface area contributed by atoms with Crippen molar-refractivity contribution in [2.24, 2.45) is 0 Å². The van der Waals surface area contributed by atoms with Gasteiger partial charge in [-0.05, 0) is 18.6 Å². The maximum absolute atomic E-state index is 12.1. The van der Waals surface area contributed by atoms with Crippen LogP contribution in [-0.4, -0.2) is 25.8 Å². The molecule has 2 N–H and O–H groups in total. The fraction of sp³-hybridized carbons (Fsp3) is 0.333. The van der Waals surface area contributed by atoms with Gasteiger partial charge in [0.05, 0.1) is 5.69 Å². The van der Waals surface area contributed by atoms with Gasteiger partial charge in [0.2, 0.25) is 5.95 Å². The van der Waals surface area contributed by atoms with E-state index in [0.717, 1.165) is 29.9 Å². The Morgan fingerprint density at radius 1 is 1.26 bits per heavy atom. The van der Waals surface area contributed by atoms with Gasteiger partial charge in [0, 0.05) is 24.7 Å². The number of carbonyl (C=O) groups is 1. The molecule has 23 heavy (non-hydrogen) atoms. The van der Waals surface area contributed by atoms with Crippen molar-refractivity contribution in [1.29, 1.82) is 0 Å². The molecule has 0 aliphatic carbocycles. The van der Waals surface area contributed by atoms with E-state index in [0.29, 0.717) is 18.1 Å². The zero-order valence-electron chi connectivity index (χ0n) is 13.0. The number of nitrogens with one attached hydrogen (secondary N) is 2. The Morgan fingerprint density at radius 3 is 2.91 bits per heavy atom. The lowest BCUT2D eigenvalue weighted by Gasteiger charge is -2.06. The molecule has 0 spiro atoms. The molecule has 0 unspecified atom stereocenters. The first kappa shape index (κ1) is 15.0. The summed E-state index contributed by atoms with van der Waals surface area (Å²) in [4.78, 5) is 12.1. The number of urea groups is 1. The van der Waals surface area contributed by atoms with Crippen LogP contribution in [0.15, 0.2) is 28.9 Å². The molecule has 0 fully saturated rings. The van der Waals surface area contributed by atoms with Crippen LogP contribution in [0.2, 0.25) is 0 Å². The van der Waals surface area contributed by atoms with Crippen LogP contribution in [0, 0.1) is 0 Å². The summed E-state index contributed by atoms with van der Waals surface area (Å²) in [7, 11) is 0. The number of hydrogen-bond donors (Lipinski definition) is 2. The Balaban J connectivity index is 1.67. The van der Waals surface area contributed by atoms with Crippen molar-refractivity contribution in [2.45, 2.75) is 33.2 Å². The van der Waals surface area contributed by atoms with Crippen molar-refractivity contribution in [3.8, 4) is 0 Å². The fourth-order valence-electron chi connectivity index (χ4n) is 2.38. The summed E-state index contributed by atoms with van der Waals surface area (Å²) in [5.74, 6) is 1.17. The van der Waals surface area contributed by atoms with Gasteiger partial charge in [0.15, 0.2) is 5.65 Å². The van der Waals surface area contributed by atoms with Crippen molar-refractivity contribution in [3.05, 3.63) is 41.4 Å². The molecule has 0 saturated heterocycles. The lowest BCUT2D eigenvalue weighted by molar-refractivity contribution is 0.251. The summed E-state index contributed by atoms with van der Waals surface area (Å²) < 4.78 is 6.99. The highest BCUT2D eigenvalue weighted by atomic mass is 16.5. The largest absolute Gasteiger partial charge is 0.361 e. The number of fused-ring (bicyclic) bond motifs is 1. The summed E-state index contributed by atoms with van der Waals surface area (Å²) in [6.45, 7) is 4.35. The van der Waals surface area contributed by atoms with E-state index in [1.165, 1.54) is 0 Å². The number of nitrogens with zero attached hydrogens (tertiary/aromatic N) is 4. The molecule has 120 valence electrons. The lowest BCUT2D eigenvalue weighted by atomic mass is 10.1. The number of rotatable bonds is 5. The van der Waals surface area contributed by atoms with Crippen LogP contribution in [0.1, 0.15) is 30.9 Å². The minimum absolute atomic E-state index is 0.353. The topological polar surface area (TPSA) is 97.3 Å². The van der Waals surface area contributed by atoms with E-state index in [1.54, 1.807) is 10.6 Å². The molecule has 0 atom stereocenters. The van der Waals surface area contributed by atoms with E-state index in [1.807, 2.05) is 32.0 Å². The van der Waals surface area contributed by atoms with Crippen LogP contribution in [0.3, 0.4) is 0 Å². The third-order valence-corrected chi connectivity index (χ3v) is 3.57. The second-order valence-corrected chi connectivity index (χ2v) is 5.00. The van der Waals surface area contributed by atoms with Crippen LogP contribution < -0.4 is 10.6 Å². The van der Waals surface area contributed by atoms with Gasteiger partial charge < -0.3 is 9.84 Å². The van der Waals surface area contributed by atoms with E-state index in [9.17, 15) is 4.79 Å². The van der Waals surface area contributed by atoms with Crippen LogP contribution >= 0.6 is 0 Å². The van der Waals surface area contributed by atoms with Gasteiger partial charge in [-0.15, -0.1) is 10.2 Å². The zero-order chi connectivity index (χ0) is 16.2. The minimum atomic E-state index is -0.353. The van der Waals surface area contributed by atoms with Crippen molar-refractivity contribution < 1.29 is 9.32 Å². The van der Waals surface area contributed by atoms with Crippen molar-refractivity contribution in [2.75, 3.05) is 5.32 Å². The summed E-state index contributed by atoms with van der Waals surface area (Å²) >= 11 is 0. The number of aromatic nitrogens is 4. The fourth-order valence-corrected chi connectivity index (χ4v) is 2.38. The predicted molar refractivity (Wildman–Crippen MR) is 84.1 cm³/mol. The van der Waals surface area contributed by atoms with Crippen LogP contribution in [0.4, 0.5) is 10.7 Å². The molecule has 8 heteroatoms. The molecule has 3 aromatic heterocycles. The molecule has 8 nitrogen and oxygen atoms in total. The summed E-state index contributed by atoms with van der Waals surface area (Å²) in [6.07, 6.45) is 3.28. The van der Waals surface area contributed by atoms with E-state index in [-0.39, 0.29) is 6.03 Å². The van der Waals surface area contributed by atoms with E-state index >= 15 is 0 Å². The quantitative estimate of drug-likeness (QED) is 0.752. The van der Waals surface area contributed by atoms with Gasteiger partial charge in [0.1, 0.15) is 5.76 Å². The van der Waals surface area contributed by atoms with Gasteiger partial charge in [-0.3, -0.25) is 9.72 Å². The van der Waals surface area contributed by atoms with Gasteiger partial charge in [-0.2, -0.15) is 0 Å². The van der Waals surface area contributed by atoms with Crippen LogP contribution in [0.5, 0.6) is 0 Å². The molecule has 2 amide bonds. The standard InChI is InChI=1S/C15H18N6O2/c1-3-11-10(12(4-2)23-20-11)9-16-15(22)17-14-19-18-13-7-5-6-8-21(13)14/h5-8H,3-4,9H2,1-2H3,(H2,16,17,19,22). The summed E-state index contributed by atoms with van der Waals surface area (Å²) in [5.41, 5.74) is 2.48. The van der Waals surface area contributed by atoms with Crippen molar-refractivity contribution in [3.63, 3.8) is 0 Å². The Kier molecular flexibility index (Phi) is 4.22. The highest BCUT2D eigenvalue weighted by molar-refractivity contribution is 5.87. The Labute approximate surface area is 132 Å². The van der Waals surface area contributed by atoms with E-state index in [2.05, 4.69) is 26.0 Å². The molecule has 0 aliphatic heterocycles. The highest BCUT2D eigenvalue weighted by Crippen LogP contribution is 2.15. The Bertz CT molecular complexity index is 801. The third kappa shape index (κ3) is 3.01. The highest BCUT2D eigenvalue weighted by Gasteiger charge is 2.15. The molecular formula is C15H18N6O2. The number of hydrogen-bond acceptors (Lipinski definition) is 5. The molecule has 0 aromatic carbocycles.